The van der Waals surface area contributed by atoms with E-state index in [9.17, 15) is 19.8 Å². The second kappa shape index (κ2) is 9.50. The first-order chi connectivity index (χ1) is 16.3. The molecule has 0 fully saturated rings. The standard InChI is InChI=1S/C28H24N2O4/c1-17-3-7-19(8-4-17)27(33)29-23-13-11-21(15-25(23)31)22-12-14-24(26(32)16-22)30-28(34)20-9-5-18(2)6-10-20/h3-16,31-32H,1-2H3,(H,29,33)(H,30,34). The summed E-state index contributed by atoms with van der Waals surface area (Å²) in [6.45, 7) is 3.88. The summed E-state index contributed by atoms with van der Waals surface area (Å²) >= 11 is 0. The molecule has 0 saturated heterocycles. The van der Waals surface area contributed by atoms with Gasteiger partial charge in [-0.15, -0.1) is 0 Å². The van der Waals surface area contributed by atoms with Crippen molar-refractivity contribution in [1.82, 2.24) is 0 Å². The number of nitrogens with one attached hydrogen (secondary N) is 2. The predicted octanol–water partition coefficient (Wildman–Crippen LogP) is 5.89. The SMILES string of the molecule is Cc1ccc(C(=O)Nc2ccc(-c3ccc(NC(=O)c4ccc(C)cc4)c(O)c3)cc2O)cc1. The van der Waals surface area contributed by atoms with Gasteiger partial charge in [0, 0.05) is 11.1 Å². The maximum absolute atomic E-state index is 12.4. The minimum absolute atomic E-state index is 0.103. The van der Waals surface area contributed by atoms with E-state index >= 15 is 0 Å². The minimum atomic E-state index is -0.325. The van der Waals surface area contributed by atoms with Crippen molar-refractivity contribution in [2.75, 3.05) is 10.6 Å². The summed E-state index contributed by atoms with van der Waals surface area (Å²) in [7, 11) is 0. The Bertz CT molecular complexity index is 1250. The predicted molar refractivity (Wildman–Crippen MR) is 133 cm³/mol. The van der Waals surface area contributed by atoms with Crippen molar-refractivity contribution in [2.24, 2.45) is 0 Å². The summed E-state index contributed by atoms with van der Waals surface area (Å²) in [5, 5.41) is 26.3. The average molecular weight is 453 g/mol. The number of hydrogen-bond acceptors (Lipinski definition) is 4. The van der Waals surface area contributed by atoms with Crippen LogP contribution in [-0.2, 0) is 0 Å². The first kappa shape index (κ1) is 22.6. The van der Waals surface area contributed by atoms with Gasteiger partial charge in [-0.2, -0.15) is 0 Å². The van der Waals surface area contributed by atoms with Gasteiger partial charge in [0.15, 0.2) is 0 Å². The van der Waals surface area contributed by atoms with Gasteiger partial charge in [0.2, 0.25) is 0 Å². The highest BCUT2D eigenvalue weighted by molar-refractivity contribution is 6.06. The molecule has 4 aromatic rings. The quantitative estimate of drug-likeness (QED) is 0.284. The molecule has 34 heavy (non-hydrogen) atoms. The van der Waals surface area contributed by atoms with Gasteiger partial charge in [0.1, 0.15) is 11.5 Å². The van der Waals surface area contributed by atoms with Crippen LogP contribution in [0.1, 0.15) is 31.8 Å². The molecule has 6 nitrogen and oxygen atoms in total. The Morgan fingerprint density at radius 1 is 0.559 bits per heavy atom. The molecule has 0 heterocycles. The van der Waals surface area contributed by atoms with E-state index in [1.54, 1.807) is 48.5 Å². The molecule has 0 bridgehead atoms. The molecular formula is C28H24N2O4. The van der Waals surface area contributed by atoms with Crippen LogP contribution in [-0.4, -0.2) is 22.0 Å². The fraction of sp³-hybridized carbons (Fsp3) is 0.0714. The fourth-order valence-electron chi connectivity index (χ4n) is 3.43. The first-order valence-electron chi connectivity index (χ1n) is 10.7. The Balaban J connectivity index is 1.48. The summed E-state index contributed by atoms with van der Waals surface area (Å²) in [6.07, 6.45) is 0. The van der Waals surface area contributed by atoms with Gasteiger partial charge < -0.3 is 20.8 Å². The third kappa shape index (κ3) is 5.07. The van der Waals surface area contributed by atoms with Crippen molar-refractivity contribution in [2.45, 2.75) is 13.8 Å². The normalized spacial score (nSPS) is 10.5. The number of benzene rings is 4. The number of phenolic OH excluding ortho intramolecular Hbond substituents is 2. The van der Waals surface area contributed by atoms with E-state index in [0.717, 1.165) is 11.1 Å². The minimum Gasteiger partial charge on any atom is -0.506 e. The molecule has 6 heteroatoms. The van der Waals surface area contributed by atoms with Crippen LogP contribution in [0.15, 0.2) is 84.9 Å². The highest BCUT2D eigenvalue weighted by Crippen LogP contribution is 2.34. The number of rotatable bonds is 5. The second-order valence-corrected chi connectivity index (χ2v) is 8.10. The van der Waals surface area contributed by atoms with Gasteiger partial charge in [-0.3, -0.25) is 9.59 Å². The van der Waals surface area contributed by atoms with E-state index in [4.69, 9.17) is 0 Å². The van der Waals surface area contributed by atoms with Crippen LogP contribution in [0.4, 0.5) is 11.4 Å². The summed E-state index contributed by atoms with van der Waals surface area (Å²) in [5.41, 5.74) is 4.90. The van der Waals surface area contributed by atoms with Crippen molar-refractivity contribution in [3.63, 3.8) is 0 Å². The number of carbonyl (C=O) groups excluding carboxylic acids is 2. The van der Waals surface area contributed by atoms with Gasteiger partial charge in [0.25, 0.3) is 11.8 Å². The molecular weight excluding hydrogens is 428 g/mol. The smallest absolute Gasteiger partial charge is 0.255 e. The van der Waals surface area contributed by atoms with Gasteiger partial charge in [-0.25, -0.2) is 0 Å². The number of amides is 2. The molecule has 0 aliphatic rings. The summed E-state index contributed by atoms with van der Waals surface area (Å²) in [4.78, 5) is 24.9. The Hall–Kier alpha value is -4.58. The molecule has 0 aromatic heterocycles. The number of phenols is 2. The van der Waals surface area contributed by atoms with E-state index < -0.39 is 0 Å². The van der Waals surface area contributed by atoms with Gasteiger partial charge in [-0.05, 0) is 73.5 Å². The summed E-state index contributed by atoms with van der Waals surface area (Å²) in [5.74, 6) is -0.855. The maximum atomic E-state index is 12.4. The van der Waals surface area contributed by atoms with Gasteiger partial charge in [0.05, 0.1) is 11.4 Å². The highest BCUT2D eigenvalue weighted by Gasteiger charge is 2.13. The molecule has 0 spiro atoms. The van der Waals surface area contributed by atoms with Crippen molar-refractivity contribution >= 4 is 23.2 Å². The van der Waals surface area contributed by atoms with Crippen LogP contribution >= 0.6 is 0 Å². The molecule has 4 rings (SSSR count). The Morgan fingerprint density at radius 3 is 1.24 bits per heavy atom. The number of aryl methyl sites for hydroxylation is 2. The molecule has 0 unspecified atom stereocenters. The zero-order valence-corrected chi connectivity index (χ0v) is 18.8. The van der Waals surface area contributed by atoms with E-state index in [-0.39, 0.29) is 34.7 Å². The molecule has 170 valence electrons. The van der Waals surface area contributed by atoms with Crippen molar-refractivity contribution < 1.29 is 19.8 Å². The lowest BCUT2D eigenvalue weighted by molar-refractivity contribution is 0.101. The molecule has 0 saturated carbocycles. The van der Waals surface area contributed by atoms with Crippen LogP contribution in [0.5, 0.6) is 11.5 Å². The highest BCUT2D eigenvalue weighted by atomic mass is 16.3. The lowest BCUT2D eigenvalue weighted by Gasteiger charge is -2.12. The monoisotopic (exact) mass is 452 g/mol. The number of anilines is 2. The van der Waals surface area contributed by atoms with Gasteiger partial charge >= 0.3 is 0 Å². The first-order valence-corrected chi connectivity index (χ1v) is 10.7. The number of carbonyl (C=O) groups is 2. The lowest BCUT2D eigenvalue weighted by Crippen LogP contribution is -2.12. The molecule has 0 aliphatic heterocycles. The fourth-order valence-corrected chi connectivity index (χ4v) is 3.43. The Morgan fingerprint density at radius 2 is 0.912 bits per heavy atom. The molecule has 4 N–H and O–H groups in total. The van der Waals surface area contributed by atoms with Gasteiger partial charge in [-0.1, -0.05) is 47.5 Å². The second-order valence-electron chi connectivity index (χ2n) is 8.10. The molecule has 4 aromatic carbocycles. The number of aromatic hydroxyl groups is 2. The molecule has 2 amide bonds. The van der Waals surface area contributed by atoms with Crippen molar-refractivity contribution in [3.8, 4) is 22.6 Å². The van der Waals surface area contributed by atoms with Crippen LogP contribution in [0.25, 0.3) is 11.1 Å². The van der Waals surface area contributed by atoms with Crippen LogP contribution < -0.4 is 10.6 Å². The summed E-state index contributed by atoms with van der Waals surface area (Å²) in [6, 6.07) is 23.9. The third-order valence-corrected chi connectivity index (χ3v) is 5.45. The van der Waals surface area contributed by atoms with Crippen LogP contribution in [0.2, 0.25) is 0 Å². The molecule has 0 atom stereocenters. The van der Waals surface area contributed by atoms with E-state index in [0.29, 0.717) is 22.3 Å². The van der Waals surface area contributed by atoms with E-state index in [1.165, 1.54) is 12.1 Å². The molecule has 0 aliphatic carbocycles. The number of hydrogen-bond donors (Lipinski definition) is 4. The van der Waals surface area contributed by atoms with E-state index in [1.807, 2.05) is 38.1 Å². The average Bonchev–Trinajstić information content (AvgIpc) is 2.82. The Labute approximate surface area is 197 Å². The zero-order chi connectivity index (χ0) is 24.2. The van der Waals surface area contributed by atoms with Crippen LogP contribution in [0, 0.1) is 13.8 Å². The maximum Gasteiger partial charge on any atom is 0.255 e. The third-order valence-electron chi connectivity index (χ3n) is 5.45. The molecule has 0 radical (unpaired) electrons. The topological polar surface area (TPSA) is 98.7 Å². The largest absolute Gasteiger partial charge is 0.506 e. The van der Waals surface area contributed by atoms with Crippen LogP contribution in [0.3, 0.4) is 0 Å². The lowest BCUT2D eigenvalue weighted by atomic mass is 10.0. The summed E-state index contributed by atoms with van der Waals surface area (Å²) < 4.78 is 0. The Kier molecular flexibility index (Phi) is 6.32. The van der Waals surface area contributed by atoms with Crippen molar-refractivity contribution in [3.05, 3.63) is 107 Å². The van der Waals surface area contributed by atoms with E-state index in [2.05, 4.69) is 10.6 Å². The van der Waals surface area contributed by atoms with Crippen molar-refractivity contribution in [1.29, 1.82) is 0 Å². The zero-order valence-electron chi connectivity index (χ0n) is 18.8.